The molecule has 0 aliphatic heterocycles. The number of sulfonamides is 1. The minimum atomic E-state index is -3.55. The largest absolute Gasteiger partial charge is 0.318 e. The van der Waals surface area contributed by atoms with Crippen LogP contribution < -0.4 is 10.3 Å². The van der Waals surface area contributed by atoms with E-state index in [0.717, 1.165) is 34.0 Å². The first-order valence-corrected chi connectivity index (χ1v) is 11.8. The van der Waals surface area contributed by atoms with Gasteiger partial charge in [0, 0.05) is 37.7 Å². The van der Waals surface area contributed by atoms with Crippen molar-refractivity contribution in [2.75, 3.05) is 11.0 Å². The van der Waals surface area contributed by atoms with Crippen molar-refractivity contribution in [1.29, 1.82) is 0 Å². The summed E-state index contributed by atoms with van der Waals surface area (Å²) in [5, 5.41) is 5.33. The lowest BCUT2D eigenvalue weighted by Crippen LogP contribution is -2.18. The van der Waals surface area contributed by atoms with Gasteiger partial charge in [0.15, 0.2) is 0 Å². The minimum absolute atomic E-state index is 0.0947. The second-order valence-electron chi connectivity index (χ2n) is 8.00. The average Bonchev–Trinajstić information content (AvgIpc) is 3.02. The van der Waals surface area contributed by atoms with Gasteiger partial charge in [0.2, 0.25) is 10.0 Å². The predicted molar refractivity (Wildman–Crippen MR) is 124 cm³/mol. The van der Waals surface area contributed by atoms with Gasteiger partial charge in [-0.3, -0.25) is 14.2 Å². The van der Waals surface area contributed by atoms with Crippen LogP contribution in [0.1, 0.15) is 16.8 Å². The van der Waals surface area contributed by atoms with Crippen molar-refractivity contribution < 1.29 is 12.8 Å². The van der Waals surface area contributed by atoms with E-state index < -0.39 is 10.0 Å². The van der Waals surface area contributed by atoms with Gasteiger partial charge in [-0.1, -0.05) is 12.1 Å². The Labute approximate surface area is 185 Å². The predicted octanol–water partition coefficient (Wildman–Crippen LogP) is 3.35. The van der Waals surface area contributed by atoms with E-state index >= 15 is 0 Å². The summed E-state index contributed by atoms with van der Waals surface area (Å²) >= 11 is 0. The second-order valence-corrected chi connectivity index (χ2v) is 9.74. The maximum absolute atomic E-state index is 13.3. The topological polar surface area (TPSA) is 86.0 Å². The molecule has 0 aliphatic carbocycles. The van der Waals surface area contributed by atoms with Crippen molar-refractivity contribution in [3.05, 3.63) is 81.7 Å². The molecule has 32 heavy (non-hydrogen) atoms. The third-order valence-corrected chi connectivity index (χ3v) is 5.93. The number of hydrogen-bond acceptors (Lipinski definition) is 4. The zero-order valence-corrected chi connectivity index (χ0v) is 19.0. The molecule has 0 fully saturated rings. The Kier molecular flexibility index (Phi) is 5.37. The number of hydrogen-bond donors (Lipinski definition) is 1. The van der Waals surface area contributed by atoms with E-state index in [4.69, 9.17) is 0 Å². The van der Waals surface area contributed by atoms with Crippen molar-refractivity contribution in [3.63, 3.8) is 0 Å². The Bertz CT molecular complexity index is 1480. The maximum Gasteiger partial charge on any atom is 0.253 e. The van der Waals surface area contributed by atoms with E-state index in [-0.39, 0.29) is 11.4 Å². The molecule has 0 aliphatic rings. The Balaban J connectivity index is 1.95. The maximum atomic E-state index is 13.3. The van der Waals surface area contributed by atoms with Gasteiger partial charge in [-0.25, -0.2) is 12.8 Å². The fraction of sp³-hybridized carbons (Fsp3) is 0.217. The third kappa shape index (κ3) is 4.29. The first kappa shape index (κ1) is 21.8. The number of aryl methyl sites for hydroxylation is 3. The van der Waals surface area contributed by atoms with Crippen molar-refractivity contribution in [2.24, 2.45) is 14.1 Å². The fourth-order valence-electron chi connectivity index (χ4n) is 3.83. The molecule has 166 valence electrons. The highest BCUT2D eigenvalue weighted by molar-refractivity contribution is 7.92. The molecule has 0 radical (unpaired) electrons. The van der Waals surface area contributed by atoms with Crippen LogP contribution in [0.25, 0.3) is 22.0 Å². The van der Waals surface area contributed by atoms with Gasteiger partial charge in [-0.15, -0.1) is 0 Å². The number of halogens is 1. The van der Waals surface area contributed by atoms with Gasteiger partial charge in [0.05, 0.1) is 17.6 Å². The molecule has 0 spiro atoms. The van der Waals surface area contributed by atoms with E-state index in [1.165, 1.54) is 16.7 Å². The first-order valence-electron chi connectivity index (χ1n) is 9.91. The molecule has 7 nitrogen and oxygen atoms in total. The lowest BCUT2D eigenvalue weighted by molar-refractivity contribution is 0.607. The zero-order chi connectivity index (χ0) is 23.2. The molecule has 1 N–H and O–H groups in total. The summed E-state index contributed by atoms with van der Waals surface area (Å²) in [5.74, 6) is -0.310. The van der Waals surface area contributed by atoms with Gasteiger partial charge < -0.3 is 4.57 Å². The summed E-state index contributed by atoms with van der Waals surface area (Å²) in [6, 6.07) is 11.7. The van der Waals surface area contributed by atoms with Crippen molar-refractivity contribution in [2.45, 2.75) is 13.3 Å². The van der Waals surface area contributed by atoms with Crippen molar-refractivity contribution >= 4 is 26.6 Å². The average molecular weight is 455 g/mol. The van der Waals surface area contributed by atoms with Crippen LogP contribution in [-0.2, 0) is 30.5 Å². The number of fused-ring (bicyclic) bond motifs is 1. The SMILES string of the molecule is Cc1cc(-c2cc(NS(C)(=O)=O)c3nn(C)c(Cc4ccc(F)cc4)c3c2)cn(C)c1=O. The Morgan fingerprint density at radius 3 is 2.38 bits per heavy atom. The summed E-state index contributed by atoms with van der Waals surface area (Å²) in [6.07, 6.45) is 3.29. The lowest BCUT2D eigenvalue weighted by Gasteiger charge is -2.11. The third-order valence-electron chi connectivity index (χ3n) is 5.34. The van der Waals surface area contributed by atoms with Gasteiger partial charge in [-0.2, -0.15) is 5.10 Å². The van der Waals surface area contributed by atoms with E-state index in [1.807, 2.05) is 6.07 Å². The summed E-state index contributed by atoms with van der Waals surface area (Å²) in [6.45, 7) is 1.74. The Hall–Kier alpha value is -3.46. The molecule has 0 atom stereocenters. The van der Waals surface area contributed by atoms with E-state index in [0.29, 0.717) is 23.2 Å². The van der Waals surface area contributed by atoms with E-state index in [1.54, 1.807) is 56.2 Å². The highest BCUT2D eigenvalue weighted by Gasteiger charge is 2.18. The number of aromatic nitrogens is 3. The van der Waals surface area contributed by atoms with Crippen LogP contribution in [0.15, 0.2) is 53.5 Å². The van der Waals surface area contributed by atoms with Crippen LogP contribution in [0.4, 0.5) is 10.1 Å². The van der Waals surface area contributed by atoms with Crippen LogP contribution in [0.5, 0.6) is 0 Å². The standard InChI is InChI=1S/C23H23FN4O3S/c1-14-9-17(13-27(2)23(14)29)16-11-19-21(10-15-5-7-18(24)8-6-15)28(3)25-22(19)20(12-16)26-32(4,30)31/h5-9,11-13,26H,10H2,1-4H3. The molecule has 0 amide bonds. The van der Waals surface area contributed by atoms with Gasteiger partial charge in [-0.05, 0) is 53.9 Å². The van der Waals surface area contributed by atoms with E-state index in [9.17, 15) is 17.6 Å². The van der Waals surface area contributed by atoms with Crippen LogP contribution in [0.2, 0.25) is 0 Å². The molecule has 4 rings (SSSR count). The summed E-state index contributed by atoms with van der Waals surface area (Å²) in [5.41, 5.74) is 4.63. The monoisotopic (exact) mass is 454 g/mol. The van der Waals surface area contributed by atoms with Crippen molar-refractivity contribution in [3.8, 4) is 11.1 Å². The molecule has 9 heteroatoms. The van der Waals surface area contributed by atoms with Crippen molar-refractivity contribution in [1.82, 2.24) is 14.3 Å². The minimum Gasteiger partial charge on any atom is -0.318 e. The number of anilines is 1. The van der Waals surface area contributed by atoms with Gasteiger partial charge in [0.25, 0.3) is 5.56 Å². The van der Waals surface area contributed by atoms with E-state index in [2.05, 4.69) is 9.82 Å². The molecule has 0 unspecified atom stereocenters. The molecular weight excluding hydrogens is 431 g/mol. The lowest BCUT2D eigenvalue weighted by atomic mass is 10.00. The fourth-order valence-corrected chi connectivity index (χ4v) is 4.39. The number of nitrogens with zero attached hydrogens (tertiary/aromatic N) is 3. The number of benzene rings is 2. The molecule has 2 aromatic carbocycles. The smallest absolute Gasteiger partial charge is 0.253 e. The Morgan fingerprint density at radius 2 is 1.75 bits per heavy atom. The van der Waals surface area contributed by atoms with Gasteiger partial charge >= 0.3 is 0 Å². The molecule has 4 aromatic rings. The molecule has 2 heterocycles. The highest BCUT2D eigenvalue weighted by atomic mass is 32.2. The van der Waals surface area contributed by atoms with Crippen LogP contribution >= 0.6 is 0 Å². The first-order chi connectivity index (χ1) is 15.0. The number of pyridine rings is 1. The van der Waals surface area contributed by atoms with Crippen LogP contribution in [0.3, 0.4) is 0 Å². The Morgan fingerprint density at radius 1 is 1.06 bits per heavy atom. The summed E-state index contributed by atoms with van der Waals surface area (Å²) in [4.78, 5) is 12.1. The van der Waals surface area contributed by atoms with Gasteiger partial charge in [0.1, 0.15) is 11.3 Å². The molecule has 2 aromatic heterocycles. The van der Waals surface area contributed by atoms with Crippen LogP contribution in [0, 0.1) is 12.7 Å². The molecule has 0 bridgehead atoms. The zero-order valence-electron chi connectivity index (χ0n) is 18.2. The summed E-state index contributed by atoms with van der Waals surface area (Å²) in [7, 11) is -0.0856. The molecule has 0 saturated carbocycles. The quantitative estimate of drug-likeness (QED) is 0.501. The molecular formula is C23H23FN4O3S. The van der Waals surface area contributed by atoms with Crippen LogP contribution in [-0.4, -0.2) is 29.0 Å². The molecule has 0 saturated heterocycles. The second kappa shape index (κ2) is 7.90. The normalized spacial score (nSPS) is 11.8. The summed E-state index contributed by atoms with van der Waals surface area (Å²) < 4.78 is 43.2. The number of rotatable bonds is 5. The number of nitrogens with one attached hydrogen (secondary N) is 1. The highest BCUT2D eigenvalue weighted by Crippen LogP contribution is 2.33.